The van der Waals surface area contributed by atoms with E-state index < -0.39 is 4.92 Å². The Morgan fingerprint density at radius 1 is 0.889 bits per heavy atom. The summed E-state index contributed by atoms with van der Waals surface area (Å²) in [6.45, 7) is 0.591. The van der Waals surface area contributed by atoms with Crippen LogP contribution in [0.3, 0.4) is 0 Å². The third-order valence-corrected chi connectivity index (χ3v) is 4.23. The molecule has 0 aliphatic rings. The molecule has 6 heteroatoms. The molecule has 0 radical (unpaired) electrons. The van der Waals surface area contributed by atoms with Crippen molar-refractivity contribution in [1.82, 2.24) is 9.97 Å². The Bertz CT molecular complexity index is 1100. The highest BCUT2D eigenvalue weighted by molar-refractivity contribution is 5.94. The normalized spacial score (nSPS) is 10.7. The van der Waals surface area contributed by atoms with E-state index in [1.165, 1.54) is 12.1 Å². The smallest absolute Gasteiger partial charge is 0.270 e. The van der Waals surface area contributed by atoms with Crippen LogP contribution in [0.2, 0.25) is 0 Å². The summed E-state index contributed by atoms with van der Waals surface area (Å²) in [5.74, 6) is 0.485. The molecule has 1 heterocycles. The van der Waals surface area contributed by atoms with Crippen molar-refractivity contribution in [3.05, 3.63) is 94.5 Å². The molecule has 0 bridgehead atoms. The highest BCUT2D eigenvalue weighted by atomic mass is 16.6. The minimum Gasteiger partial charge on any atom is -0.350 e. The lowest BCUT2D eigenvalue weighted by Crippen LogP contribution is -2.05. The first-order valence-corrected chi connectivity index (χ1v) is 8.50. The summed E-state index contributed by atoms with van der Waals surface area (Å²) in [7, 11) is 0. The number of hydrogen-bond donors (Lipinski definition) is 1. The van der Waals surface area contributed by atoms with Crippen LogP contribution in [0.4, 0.5) is 11.6 Å². The van der Waals surface area contributed by atoms with Gasteiger partial charge < -0.3 is 5.32 Å². The summed E-state index contributed by atoms with van der Waals surface area (Å²) in [5.41, 5.74) is 3.34. The van der Waals surface area contributed by atoms with Crippen LogP contribution in [0, 0.1) is 10.1 Å². The summed E-state index contributed by atoms with van der Waals surface area (Å²) < 4.78 is 0. The van der Waals surface area contributed by atoms with Crippen molar-refractivity contribution in [2.24, 2.45) is 0 Å². The average Bonchev–Trinajstić information content (AvgIpc) is 2.72. The van der Waals surface area contributed by atoms with Gasteiger partial charge in [-0.2, -0.15) is 0 Å². The number of hydrogen-bond acceptors (Lipinski definition) is 5. The van der Waals surface area contributed by atoms with E-state index in [-0.39, 0.29) is 5.69 Å². The maximum Gasteiger partial charge on any atom is 0.270 e. The molecule has 0 saturated heterocycles. The van der Waals surface area contributed by atoms with Gasteiger partial charge in [-0.25, -0.2) is 9.97 Å². The number of anilines is 1. The Labute approximate surface area is 155 Å². The van der Waals surface area contributed by atoms with Gasteiger partial charge in [0.1, 0.15) is 0 Å². The minimum atomic E-state index is -0.407. The first-order valence-electron chi connectivity index (χ1n) is 8.50. The standard InChI is InChI=1S/C21H16N4O2/c26-25(27)17-11-12-19-18(13-17)20(16-9-5-2-6-10-16)24-21(23-19)22-14-15-7-3-1-4-8-15/h1-13H,14H2,(H,22,23,24). The van der Waals surface area contributed by atoms with Gasteiger partial charge in [-0.1, -0.05) is 60.7 Å². The Balaban J connectivity index is 1.80. The third kappa shape index (κ3) is 3.59. The Morgan fingerprint density at radius 2 is 1.59 bits per heavy atom. The molecular formula is C21H16N4O2. The number of rotatable bonds is 5. The monoisotopic (exact) mass is 356 g/mol. The van der Waals surface area contributed by atoms with E-state index in [1.54, 1.807) is 6.07 Å². The van der Waals surface area contributed by atoms with Crippen molar-refractivity contribution in [3.63, 3.8) is 0 Å². The fourth-order valence-electron chi connectivity index (χ4n) is 2.90. The third-order valence-electron chi connectivity index (χ3n) is 4.23. The molecule has 0 aliphatic carbocycles. The molecule has 1 N–H and O–H groups in total. The van der Waals surface area contributed by atoms with Crippen molar-refractivity contribution in [3.8, 4) is 11.3 Å². The zero-order valence-corrected chi connectivity index (χ0v) is 14.4. The van der Waals surface area contributed by atoms with Crippen LogP contribution in [0.1, 0.15) is 5.56 Å². The first kappa shape index (κ1) is 16.7. The fourth-order valence-corrected chi connectivity index (χ4v) is 2.90. The lowest BCUT2D eigenvalue weighted by Gasteiger charge is -2.10. The van der Waals surface area contributed by atoms with Gasteiger partial charge in [0, 0.05) is 29.6 Å². The van der Waals surface area contributed by atoms with E-state index in [4.69, 9.17) is 0 Å². The lowest BCUT2D eigenvalue weighted by molar-refractivity contribution is -0.384. The number of nitrogens with zero attached hydrogens (tertiary/aromatic N) is 3. The molecular weight excluding hydrogens is 340 g/mol. The number of fused-ring (bicyclic) bond motifs is 1. The number of nitro groups is 1. The molecule has 6 nitrogen and oxygen atoms in total. The van der Waals surface area contributed by atoms with Crippen LogP contribution >= 0.6 is 0 Å². The van der Waals surface area contributed by atoms with Gasteiger partial charge in [-0.3, -0.25) is 10.1 Å². The van der Waals surface area contributed by atoms with E-state index in [0.717, 1.165) is 11.1 Å². The number of aromatic nitrogens is 2. The summed E-state index contributed by atoms with van der Waals surface area (Å²) in [5, 5.41) is 15.1. The molecule has 0 atom stereocenters. The van der Waals surface area contributed by atoms with Crippen molar-refractivity contribution in [2.45, 2.75) is 6.54 Å². The molecule has 132 valence electrons. The molecule has 4 rings (SSSR count). The predicted octanol–water partition coefficient (Wildman–Crippen LogP) is 4.82. The van der Waals surface area contributed by atoms with E-state index in [9.17, 15) is 10.1 Å². The molecule has 0 fully saturated rings. The van der Waals surface area contributed by atoms with Crippen LogP contribution in [-0.2, 0) is 6.54 Å². The van der Waals surface area contributed by atoms with Gasteiger partial charge in [0.15, 0.2) is 0 Å². The number of non-ortho nitro benzene ring substituents is 1. The molecule has 3 aromatic carbocycles. The van der Waals surface area contributed by atoms with Crippen LogP contribution in [0.15, 0.2) is 78.9 Å². The van der Waals surface area contributed by atoms with Gasteiger partial charge >= 0.3 is 0 Å². The number of nitrogens with one attached hydrogen (secondary N) is 1. The number of benzene rings is 3. The predicted molar refractivity (Wildman–Crippen MR) is 105 cm³/mol. The van der Waals surface area contributed by atoms with Gasteiger partial charge in [-0.05, 0) is 11.6 Å². The van der Waals surface area contributed by atoms with Crippen molar-refractivity contribution in [2.75, 3.05) is 5.32 Å². The van der Waals surface area contributed by atoms with E-state index in [1.807, 2.05) is 60.7 Å². The van der Waals surface area contributed by atoms with Crippen molar-refractivity contribution < 1.29 is 4.92 Å². The Morgan fingerprint density at radius 3 is 2.30 bits per heavy atom. The summed E-state index contributed by atoms with van der Waals surface area (Å²) >= 11 is 0. The van der Waals surface area contributed by atoms with Gasteiger partial charge in [0.05, 0.1) is 16.1 Å². The molecule has 27 heavy (non-hydrogen) atoms. The lowest BCUT2D eigenvalue weighted by atomic mass is 10.1. The van der Waals surface area contributed by atoms with E-state index >= 15 is 0 Å². The van der Waals surface area contributed by atoms with Gasteiger partial charge in [-0.15, -0.1) is 0 Å². The second kappa shape index (κ2) is 7.21. The minimum absolute atomic E-state index is 0.0216. The van der Waals surface area contributed by atoms with Gasteiger partial charge in [0.25, 0.3) is 5.69 Å². The molecule has 1 aromatic heterocycles. The van der Waals surface area contributed by atoms with Crippen molar-refractivity contribution >= 4 is 22.5 Å². The maximum absolute atomic E-state index is 11.2. The van der Waals surface area contributed by atoms with Crippen molar-refractivity contribution in [1.29, 1.82) is 0 Å². The molecule has 0 aliphatic heterocycles. The summed E-state index contributed by atoms with van der Waals surface area (Å²) in [4.78, 5) is 19.9. The molecule has 0 spiro atoms. The molecule has 0 saturated carbocycles. The molecule has 0 amide bonds. The largest absolute Gasteiger partial charge is 0.350 e. The van der Waals surface area contributed by atoms with E-state index in [2.05, 4.69) is 15.3 Å². The van der Waals surface area contributed by atoms with Crippen LogP contribution in [0.5, 0.6) is 0 Å². The van der Waals surface area contributed by atoms with Gasteiger partial charge in [0.2, 0.25) is 5.95 Å². The number of nitro benzene ring substituents is 1. The Hall–Kier alpha value is -3.80. The van der Waals surface area contributed by atoms with E-state index in [0.29, 0.717) is 29.1 Å². The molecule has 0 unspecified atom stereocenters. The highest BCUT2D eigenvalue weighted by Crippen LogP contribution is 2.30. The van der Waals surface area contributed by atoms with Crippen LogP contribution in [-0.4, -0.2) is 14.9 Å². The second-order valence-corrected chi connectivity index (χ2v) is 6.06. The second-order valence-electron chi connectivity index (χ2n) is 6.06. The zero-order chi connectivity index (χ0) is 18.6. The fraction of sp³-hybridized carbons (Fsp3) is 0.0476. The highest BCUT2D eigenvalue weighted by Gasteiger charge is 2.14. The summed E-state index contributed by atoms with van der Waals surface area (Å²) in [6.07, 6.45) is 0. The average molecular weight is 356 g/mol. The summed E-state index contributed by atoms with van der Waals surface area (Å²) in [6, 6.07) is 24.2. The SMILES string of the molecule is O=[N+]([O-])c1ccc2nc(NCc3ccccc3)nc(-c3ccccc3)c2c1. The first-order chi connectivity index (χ1) is 13.2. The topological polar surface area (TPSA) is 81.0 Å². The zero-order valence-electron chi connectivity index (χ0n) is 14.4. The quantitative estimate of drug-likeness (QED) is 0.410. The van der Waals surface area contributed by atoms with Crippen LogP contribution in [0.25, 0.3) is 22.2 Å². The Kier molecular flexibility index (Phi) is 4.45. The van der Waals surface area contributed by atoms with Crippen LogP contribution < -0.4 is 5.32 Å². The molecule has 4 aromatic rings. The maximum atomic E-state index is 11.2.